The molecule has 0 N–H and O–H groups in total. The number of likely N-dealkylation sites (tertiary alicyclic amines) is 1. The number of fused-ring (bicyclic) bond motifs is 1. The zero-order valence-electron chi connectivity index (χ0n) is 22.2. The molecule has 0 bridgehead atoms. The van der Waals surface area contributed by atoms with Gasteiger partial charge in [0.2, 0.25) is 0 Å². The minimum Gasteiger partial charge on any atom is -0.353 e. The number of nitrogens with zero attached hydrogens (tertiary/aromatic N) is 6. The van der Waals surface area contributed by atoms with E-state index in [0.29, 0.717) is 31.2 Å². The Kier molecular flexibility index (Phi) is 7.29. The number of piperidine rings is 1. The standard InChI is InChI=1S/C28H36F2N6O2/c1-18-11-20-14-31-36(25(20)12-23(18)22-6-8-34(9-7-29)17-24(22)30)27-13-26(32-19(2)33-27)35-15-21(16-35)38-28-5-3-4-10-37-28/h11-14,21-22,24,28H,3-10,15-17H2,1-2H3/t22-,24-,28?/m1/s1. The van der Waals surface area contributed by atoms with Crippen molar-refractivity contribution in [3.05, 3.63) is 41.3 Å². The number of hydrogen-bond donors (Lipinski definition) is 0. The largest absolute Gasteiger partial charge is 0.353 e. The molecule has 0 amide bonds. The lowest BCUT2D eigenvalue weighted by molar-refractivity contribution is -0.191. The Morgan fingerprint density at radius 1 is 1.05 bits per heavy atom. The van der Waals surface area contributed by atoms with Crippen LogP contribution in [0.5, 0.6) is 0 Å². The van der Waals surface area contributed by atoms with Gasteiger partial charge in [-0.1, -0.05) is 0 Å². The van der Waals surface area contributed by atoms with Gasteiger partial charge in [-0.2, -0.15) is 5.10 Å². The molecule has 3 aliphatic heterocycles. The van der Waals surface area contributed by atoms with Crippen LogP contribution in [0, 0.1) is 13.8 Å². The molecule has 0 aliphatic carbocycles. The Balaban J connectivity index is 1.22. The fraction of sp³-hybridized carbons (Fsp3) is 0.607. The molecule has 38 heavy (non-hydrogen) atoms. The monoisotopic (exact) mass is 526 g/mol. The second-order valence-corrected chi connectivity index (χ2v) is 10.8. The van der Waals surface area contributed by atoms with Gasteiger partial charge in [0.25, 0.3) is 0 Å². The lowest BCUT2D eigenvalue weighted by Gasteiger charge is -2.41. The fourth-order valence-corrected chi connectivity index (χ4v) is 5.98. The maximum Gasteiger partial charge on any atom is 0.159 e. The zero-order valence-corrected chi connectivity index (χ0v) is 22.2. The molecule has 3 aromatic rings. The fourth-order valence-electron chi connectivity index (χ4n) is 5.98. The van der Waals surface area contributed by atoms with Crippen LogP contribution in [0.1, 0.15) is 48.6 Å². The molecule has 5 heterocycles. The van der Waals surface area contributed by atoms with E-state index in [1.165, 1.54) is 0 Å². The summed E-state index contributed by atoms with van der Waals surface area (Å²) in [6.45, 7) is 7.04. The quantitative estimate of drug-likeness (QED) is 0.456. The van der Waals surface area contributed by atoms with Gasteiger partial charge in [-0.25, -0.2) is 23.4 Å². The third kappa shape index (κ3) is 5.13. The van der Waals surface area contributed by atoms with Gasteiger partial charge in [-0.15, -0.1) is 0 Å². The maximum absolute atomic E-state index is 15.2. The van der Waals surface area contributed by atoms with Gasteiger partial charge < -0.3 is 14.4 Å². The molecule has 1 unspecified atom stereocenters. The normalized spacial score (nSPS) is 25.2. The average molecular weight is 527 g/mol. The summed E-state index contributed by atoms with van der Waals surface area (Å²) in [6, 6.07) is 6.10. The van der Waals surface area contributed by atoms with Crippen LogP contribution in [0.25, 0.3) is 16.7 Å². The summed E-state index contributed by atoms with van der Waals surface area (Å²) in [5, 5.41) is 5.63. The summed E-state index contributed by atoms with van der Waals surface area (Å²) in [4.78, 5) is 13.4. The van der Waals surface area contributed by atoms with Crippen LogP contribution in [-0.2, 0) is 9.47 Å². The third-order valence-electron chi connectivity index (χ3n) is 8.06. The highest BCUT2D eigenvalue weighted by atomic mass is 19.1. The minimum absolute atomic E-state index is 0.0912. The van der Waals surface area contributed by atoms with Crippen LogP contribution in [0.4, 0.5) is 14.6 Å². The molecule has 0 spiro atoms. The highest BCUT2D eigenvalue weighted by Gasteiger charge is 2.33. The number of ether oxygens (including phenoxy) is 2. The van der Waals surface area contributed by atoms with Crippen molar-refractivity contribution < 1.29 is 18.3 Å². The van der Waals surface area contributed by atoms with Crippen molar-refractivity contribution in [2.45, 2.75) is 64.0 Å². The Morgan fingerprint density at radius 3 is 2.66 bits per heavy atom. The van der Waals surface area contributed by atoms with E-state index in [1.54, 1.807) is 0 Å². The van der Waals surface area contributed by atoms with Crippen molar-refractivity contribution in [3.8, 4) is 5.82 Å². The van der Waals surface area contributed by atoms with Gasteiger partial charge in [-0.05, 0) is 69.3 Å². The smallest absolute Gasteiger partial charge is 0.159 e. The van der Waals surface area contributed by atoms with E-state index in [1.807, 2.05) is 35.7 Å². The second-order valence-electron chi connectivity index (χ2n) is 10.8. The van der Waals surface area contributed by atoms with Crippen molar-refractivity contribution >= 4 is 16.7 Å². The summed E-state index contributed by atoms with van der Waals surface area (Å²) >= 11 is 0. The highest BCUT2D eigenvalue weighted by Crippen LogP contribution is 2.35. The summed E-state index contributed by atoms with van der Waals surface area (Å²) in [6.07, 6.45) is 4.73. The third-order valence-corrected chi connectivity index (χ3v) is 8.06. The van der Waals surface area contributed by atoms with Gasteiger partial charge in [0.1, 0.15) is 24.5 Å². The number of rotatable bonds is 7. The first-order valence-corrected chi connectivity index (χ1v) is 13.8. The Bertz CT molecular complexity index is 1270. The Labute approximate surface area is 221 Å². The van der Waals surface area contributed by atoms with E-state index in [0.717, 1.165) is 66.8 Å². The first kappa shape index (κ1) is 25.6. The van der Waals surface area contributed by atoms with Crippen LogP contribution in [0.2, 0.25) is 0 Å². The van der Waals surface area contributed by atoms with Crippen molar-refractivity contribution in [3.63, 3.8) is 0 Å². The Hall–Kier alpha value is -2.69. The van der Waals surface area contributed by atoms with Crippen molar-refractivity contribution in [1.29, 1.82) is 0 Å². The summed E-state index contributed by atoms with van der Waals surface area (Å²) in [7, 11) is 0. The highest BCUT2D eigenvalue weighted by molar-refractivity contribution is 5.82. The van der Waals surface area contributed by atoms with E-state index in [4.69, 9.17) is 9.47 Å². The van der Waals surface area contributed by atoms with Gasteiger partial charge in [-0.3, -0.25) is 4.90 Å². The van der Waals surface area contributed by atoms with Crippen LogP contribution < -0.4 is 4.90 Å². The van der Waals surface area contributed by atoms with Crippen LogP contribution in [0.3, 0.4) is 0 Å². The number of hydrogen-bond acceptors (Lipinski definition) is 7. The topological polar surface area (TPSA) is 68.5 Å². The van der Waals surface area contributed by atoms with Crippen LogP contribution >= 0.6 is 0 Å². The van der Waals surface area contributed by atoms with Gasteiger partial charge >= 0.3 is 0 Å². The molecule has 3 aliphatic rings. The molecule has 6 rings (SSSR count). The molecule has 0 saturated carbocycles. The molecular weight excluding hydrogens is 490 g/mol. The lowest BCUT2D eigenvalue weighted by Crippen LogP contribution is -2.54. The molecule has 8 nitrogen and oxygen atoms in total. The second kappa shape index (κ2) is 10.8. The SMILES string of the molecule is Cc1nc(N2CC(OC3CCCCO3)C2)cc(-n2ncc3cc(C)c([C@H]4CCN(CCF)C[C@H]4F)cc32)n1. The van der Waals surface area contributed by atoms with E-state index in [9.17, 15) is 4.39 Å². The van der Waals surface area contributed by atoms with Crippen LogP contribution in [-0.4, -0.2) is 89.2 Å². The number of aromatic nitrogens is 4. The van der Waals surface area contributed by atoms with Gasteiger partial charge in [0, 0.05) is 50.2 Å². The first-order valence-electron chi connectivity index (χ1n) is 13.8. The predicted molar refractivity (Wildman–Crippen MR) is 141 cm³/mol. The summed E-state index contributed by atoms with van der Waals surface area (Å²) < 4.78 is 41.7. The first-order chi connectivity index (χ1) is 18.5. The van der Waals surface area contributed by atoms with E-state index in [2.05, 4.69) is 32.1 Å². The van der Waals surface area contributed by atoms with Crippen molar-refractivity contribution in [2.75, 3.05) is 50.9 Å². The number of anilines is 1. The number of benzene rings is 1. The molecule has 204 valence electrons. The maximum atomic E-state index is 15.2. The van der Waals surface area contributed by atoms with Crippen molar-refractivity contribution in [2.24, 2.45) is 0 Å². The molecule has 3 atom stereocenters. The molecule has 3 fully saturated rings. The number of alkyl halides is 2. The molecule has 0 radical (unpaired) electrons. The minimum atomic E-state index is -1.03. The molecule has 1 aromatic carbocycles. The van der Waals surface area contributed by atoms with Crippen LogP contribution in [0.15, 0.2) is 24.4 Å². The Morgan fingerprint density at radius 2 is 1.89 bits per heavy atom. The molecule has 2 aromatic heterocycles. The average Bonchev–Trinajstić information content (AvgIpc) is 3.29. The number of halogens is 2. The molecular formula is C28H36F2N6O2. The zero-order chi connectivity index (χ0) is 26.2. The summed E-state index contributed by atoms with van der Waals surface area (Å²) in [5.41, 5.74) is 2.94. The van der Waals surface area contributed by atoms with Crippen molar-refractivity contribution in [1.82, 2.24) is 24.6 Å². The predicted octanol–water partition coefficient (Wildman–Crippen LogP) is 4.26. The van der Waals surface area contributed by atoms with Gasteiger partial charge in [0.05, 0.1) is 17.8 Å². The van der Waals surface area contributed by atoms with E-state index in [-0.39, 0.29) is 24.9 Å². The van der Waals surface area contributed by atoms with Gasteiger partial charge in [0.15, 0.2) is 12.1 Å². The molecule has 3 saturated heterocycles. The summed E-state index contributed by atoms with van der Waals surface area (Å²) in [5.74, 6) is 1.98. The van der Waals surface area contributed by atoms with E-state index < -0.39 is 12.8 Å². The molecule has 10 heteroatoms. The van der Waals surface area contributed by atoms with E-state index >= 15 is 4.39 Å². The lowest BCUT2D eigenvalue weighted by atomic mass is 9.85. The number of aryl methyl sites for hydroxylation is 2.